The number of aliphatic hydroxyl groups excluding tert-OH is 4. The second kappa shape index (κ2) is 33.0. The van der Waals surface area contributed by atoms with E-state index in [1.807, 2.05) is 0 Å². The average molecular weight is 729 g/mol. The first-order valence-electron chi connectivity index (χ1n) is 20.8. The maximum atomic E-state index is 12.7. The van der Waals surface area contributed by atoms with E-state index in [1.165, 1.54) is 83.5 Å². The molecule has 0 bridgehead atoms. The summed E-state index contributed by atoms with van der Waals surface area (Å²) in [5.74, 6) is -0.812. The molecule has 4 N–H and O–H groups in total. The van der Waals surface area contributed by atoms with Crippen LogP contribution in [0.4, 0.5) is 0 Å². The van der Waals surface area contributed by atoms with E-state index in [0.29, 0.717) is 6.42 Å². The van der Waals surface area contributed by atoms with Crippen LogP contribution in [0, 0.1) is 0 Å². The first kappa shape index (κ1) is 47.5. The maximum Gasteiger partial charge on any atom is 0.306 e. The Morgan fingerprint density at radius 3 is 1.61 bits per heavy atom. The zero-order chi connectivity index (χ0) is 37.4. The molecule has 0 saturated carbocycles. The first-order valence-corrected chi connectivity index (χ1v) is 20.8. The molecule has 0 radical (unpaired) electrons. The number of rotatable bonds is 34. The van der Waals surface area contributed by atoms with Crippen LogP contribution in [0.1, 0.15) is 181 Å². The molecule has 1 rings (SSSR count). The van der Waals surface area contributed by atoms with Crippen LogP contribution in [0.15, 0.2) is 12.2 Å². The van der Waals surface area contributed by atoms with Crippen molar-refractivity contribution in [2.24, 2.45) is 0 Å². The van der Waals surface area contributed by atoms with E-state index in [-0.39, 0.29) is 32.0 Å². The summed E-state index contributed by atoms with van der Waals surface area (Å²) >= 11 is 0. The van der Waals surface area contributed by atoms with Gasteiger partial charge in [0.1, 0.15) is 31.0 Å². The zero-order valence-electron chi connectivity index (χ0n) is 32.4. The van der Waals surface area contributed by atoms with E-state index in [9.17, 15) is 30.0 Å². The summed E-state index contributed by atoms with van der Waals surface area (Å²) in [4.78, 5) is 25.2. The highest BCUT2D eigenvalue weighted by molar-refractivity contribution is 5.70. The van der Waals surface area contributed by atoms with Crippen LogP contribution >= 0.6 is 0 Å². The molecule has 10 heteroatoms. The Hall–Kier alpha value is -1.56. The summed E-state index contributed by atoms with van der Waals surface area (Å²) in [6, 6.07) is 0. The fourth-order valence-corrected chi connectivity index (χ4v) is 6.31. The van der Waals surface area contributed by atoms with E-state index >= 15 is 0 Å². The molecule has 0 aromatic rings. The third kappa shape index (κ3) is 25.2. The molecule has 1 aliphatic rings. The minimum Gasteiger partial charge on any atom is -0.462 e. The standard InChI is InChI=1S/C41H76O10/c1-3-5-7-9-11-13-15-16-17-18-19-20-22-23-25-27-29-36(43)48-32-34(33-49-41-40(47)39(46)38(45)35(31-42)51-41)50-37(44)30-28-26-24-21-14-12-10-8-6-4-2/h8,10,34-35,38-42,45-47H,3-7,9,11-33H2,1-2H3/b10-8-. The number of esters is 2. The third-order valence-corrected chi connectivity index (χ3v) is 9.63. The lowest BCUT2D eigenvalue weighted by atomic mass is 9.99. The molecule has 1 aliphatic heterocycles. The molecular formula is C41H76O10. The number of aliphatic hydroxyl groups is 4. The SMILES string of the molecule is CCC/C=C\CCCCCCCC(=O)OC(COC(=O)CCCCCCCCCCCCCCCCCC)COC1OC(CO)C(O)C(O)C1O. The summed E-state index contributed by atoms with van der Waals surface area (Å²) in [6.45, 7) is 3.35. The van der Waals surface area contributed by atoms with Crippen molar-refractivity contribution in [3.8, 4) is 0 Å². The Morgan fingerprint density at radius 2 is 1.08 bits per heavy atom. The number of hydrogen-bond acceptors (Lipinski definition) is 10. The summed E-state index contributed by atoms with van der Waals surface area (Å²) in [5, 5.41) is 39.9. The smallest absolute Gasteiger partial charge is 0.306 e. The molecule has 10 nitrogen and oxygen atoms in total. The second-order valence-electron chi connectivity index (χ2n) is 14.4. The number of allylic oxidation sites excluding steroid dienone is 2. The molecule has 0 aromatic carbocycles. The lowest BCUT2D eigenvalue weighted by Crippen LogP contribution is -2.59. The lowest BCUT2D eigenvalue weighted by molar-refractivity contribution is -0.305. The molecule has 0 amide bonds. The molecule has 0 aromatic heterocycles. The van der Waals surface area contributed by atoms with Crippen LogP contribution in [0.2, 0.25) is 0 Å². The van der Waals surface area contributed by atoms with Gasteiger partial charge in [-0.05, 0) is 32.1 Å². The van der Waals surface area contributed by atoms with E-state index < -0.39 is 49.4 Å². The first-order chi connectivity index (χ1) is 24.8. The van der Waals surface area contributed by atoms with Crippen molar-refractivity contribution in [1.82, 2.24) is 0 Å². The monoisotopic (exact) mass is 729 g/mol. The highest BCUT2D eigenvalue weighted by Gasteiger charge is 2.44. The lowest BCUT2D eigenvalue weighted by Gasteiger charge is -2.39. The third-order valence-electron chi connectivity index (χ3n) is 9.63. The van der Waals surface area contributed by atoms with Gasteiger partial charge in [0, 0.05) is 12.8 Å². The van der Waals surface area contributed by atoms with Gasteiger partial charge >= 0.3 is 11.9 Å². The van der Waals surface area contributed by atoms with Crippen molar-refractivity contribution in [2.75, 3.05) is 19.8 Å². The van der Waals surface area contributed by atoms with Gasteiger partial charge in [-0.3, -0.25) is 9.59 Å². The predicted octanol–water partition coefficient (Wildman–Crippen LogP) is 8.00. The van der Waals surface area contributed by atoms with Crippen LogP contribution in [0.3, 0.4) is 0 Å². The topological polar surface area (TPSA) is 152 Å². The van der Waals surface area contributed by atoms with E-state index in [2.05, 4.69) is 26.0 Å². The fourth-order valence-electron chi connectivity index (χ4n) is 6.31. The summed E-state index contributed by atoms with van der Waals surface area (Å²) in [5.41, 5.74) is 0. The van der Waals surface area contributed by atoms with Gasteiger partial charge in [-0.25, -0.2) is 0 Å². The van der Waals surface area contributed by atoms with Crippen LogP contribution < -0.4 is 0 Å². The van der Waals surface area contributed by atoms with Gasteiger partial charge in [0.25, 0.3) is 0 Å². The molecule has 300 valence electrons. The Bertz CT molecular complexity index is 850. The number of carbonyl (C=O) groups excluding carboxylic acids is 2. The summed E-state index contributed by atoms with van der Waals surface area (Å²) < 4.78 is 22.1. The number of carbonyl (C=O) groups is 2. The molecular weight excluding hydrogens is 652 g/mol. The minimum atomic E-state index is -1.59. The Kier molecular flexibility index (Phi) is 30.7. The minimum absolute atomic E-state index is 0.216. The normalized spacial score (nSPS) is 21.3. The fraction of sp³-hybridized carbons (Fsp3) is 0.902. The molecule has 1 fully saturated rings. The van der Waals surface area contributed by atoms with Gasteiger partial charge in [-0.1, -0.05) is 148 Å². The van der Waals surface area contributed by atoms with Crippen molar-refractivity contribution in [3.05, 3.63) is 12.2 Å². The Morgan fingerprint density at radius 1 is 0.588 bits per heavy atom. The van der Waals surface area contributed by atoms with Crippen molar-refractivity contribution < 1.29 is 49.0 Å². The van der Waals surface area contributed by atoms with Gasteiger partial charge in [0.05, 0.1) is 13.2 Å². The van der Waals surface area contributed by atoms with Crippen LogP contribution in [0.5, 0.6) is 0 Å². The van der Waals surface area contributed by atoms with Crippen molar-refractivity contribution in [2.45, 2.75) is 218 Å². The van der Waals surface area contributed by atoms with Gasteiger partial charge in [-0.2, -0.15) is 0 Å². The molecule has 6 unspecified atom stereocenters. The van der Waals surface area contributed by atoms with Crippen LogP contribution in [0.25, 0.3) is 0 Å². The van der Waals surface area contributed by atoms with Crippen LogP contribution in [-0.2, 0) is 28.5 Å². The quantitative estimate of drug-likeness (QED) is 0.0291. The zero-order valence-corrected chi connectivity index (χ0v) is 32.4. The van der Waals surface area contributed by atoms with Gasteiger partial charge in [0.15, 0.2) is 12.4 Å². The van der Waals surface area contributed by atoms with Crippen molar-refractivity contribution in [3.63, 3.8) is 0 Å². The highest BCUT2D eigenvalue weighted by Crippen LogP contribution is 2.22. The van der Waals surface area contributed by atoms with Gasteiger partial charge in [0.2, 0.25) is 0 Å². The van der Waals surface area contributed by atoms with Gasteiger partial charge in [-0.15, -0.1) is 0 Å². The second-order valence-corrected chi connectivity index (χ2v) is 14.4. The predicted molar refractivity (Wildman–Crippen MR) is 201 cm³/mol. The maximum absolute atomic E-state index is 12.7. The summed E-state index contributed by atoms with van der Waals surface area (Å²) in [6.07, 6.45) is 25.1. The number of ether oxygens (including phenoxy) is 4. The van der Waals surface area contributed by atoms with Gasteiger partial charge < -0.3 is 39.4 Å². The average Bonchev–Trinajstić information content (AvgIpc) is 3.13. The van der Waals surface area contributed by atoms with Crippen molar-refractivity contribution >= 4 is 11.9 Å². The molecule has 6 atom stereocenters. The van der Waals surface area contributed by atoms with Crippen LogP contribution in [-0.4, -0.2) is 89.0 Å². The molecule has 0 aliphatic carbocycles. The molecule has 1 saturated heterocycles. The largest absolute Gasteiger partial charge is 0.462 e. The molecule has 51 heavy (non-hydrogen) atoms. The molecule has 0 spiro atoms. The summed E-state index contributed by atoms with van der Waals surface area (Å²) in [7, 11) is 0. The van der Waals surface area contributed by atoms with Crippen molar-refractivity contribution in [1.29, 1.82) is 0 Å². The van der Waals surface area contributed by atoms with E-state index in [1.54, 1.807) is 0 Å². The molecule has 1 heterocycles. The Balaban J connectivity index is 2.33. The van der Waals surface area contributed by atoms with E-state index in [0.717, 1.165) is 64.2 Å². The van der Waals surface area contributed by atoms with E-state index in [4.69, 9.17) is 18.9 Å². The Labute approximate surface area is 310 Å². The highest BCUT2D eigenvalue weighted by atomic mass is 16.7. The number of unbranched alkanes of at least 4 members (excludes halogenated alkanes) is 21. The number of hydrogen-bond donors (Lipinski definition) is 4.